The third-order valence-electron chi connectivity index (χ3n) is 7.22. The predicted octanol–water partition coefficient (Wildman–Crippen LogP) is 5.63. The topological polar surface area (TPSA) is 91.9 Å². The average Bonchev–Trinajstić information content (AvgIpc) is 3.53. The zero-order chi connectivity index (χ0) is 26.4. The van der Waals surface area contributed by atoms with Crippen LogP contribution in [0.15, 0.2) is 55.0 Å². The molecular weight excluding hydrogens is 505 g/mol. The SMILES string of the molecule is COc1cc(Nc2nc3c(c(N4CC(C)(C#N)C4)n2)CCC3c2ccc(F)cc2)ccc1-n1cnc(Cl)c1. The molecule has 2 aromatic heterocycles. The number of nitrogens with one attached hydrogen (secondary N) is 1. The van der Waals surface area contributed by atoms with E-state index in [0.29, 0.717) is 29.9 Å². The first kappa shape index (κ1) is 24.2. The third kappa shape index (κ3) is 4.31. The molecule has 192 valence electrons. The Hall–Kier alpha value is -4.16. The van der Waals surface area contributed by atoms with Crippen LogP contribution in [0.25, 0.3) is 5.69 Å². The molecule has 10 heteroatoms. The van der Waals surface area contributed by atoms with Crippen molar-refractivity contribution in [2.75, 3.05) is 30.4 Å². The minimum Gasteiger partial charge on any atom is -0.494 e. The van der Waals surface area contributed by atoms with Crippen molar-refractivity contribution in [2.24, 2.45) is 5.41 Å². The lowest BCUT2D eigenvalue weighted by Crippen LogP contribution is -2.54. The van der Waals surface area contributed by atoms with Crippen LogP contribution >= 0.6 is 11.6 Å². The number of nitrogens with zero attached hydrogens (tertiary/aromatic N) is 6. The van der Waals surface area contributed by atoms with E-state index in [9.17, 15) is 9.65 Å². The maximum atomic E-state index is 13.6. The van der Waals surface area contributed by atoms with Gasteiger partial charge in [-0.15, -0.1) is 0 Å². The minimum atomic E-state index is -0.389. The monoisotopic (exact) mass is 529 g/mol. The Bertz CT molecular complexity index is 1560. The Balaban J connectivity index is 1.37. The first-order valence-electron chi connectivity index (χ1n) is 12.3. The highest BCUT2D eigenvalue weighted by Crippen LogP contribution is 2.44. The summed E-state index contributed by atoms with van der Waals surface area (Å²) < 4.78 is 21.0. The van der Waals surface area contributed by atoms with E-state index in [1.54, 1.807) is 24.2 Å². The molecule has 8 nitrogen and oxygen atoms in total. The van der Waals surface area contributed by atoms with Gasteiger partial charge in [0.05, 0.1) is 30.0 Å². The van der Waals surface area contributed by atoms with Gasteiger partial charge in [0.2, 0.25) is 5.95 Å². The van der Waals surface area contributed by atoms with Gasteiger partial charge in [0.25, 0.3) is 0 Å². The molecular formula is C28H25ClFN7O. The number of methoxy groups -OCH3 is 1. The molecule has 1 fully saturated rings. The summed E-state index contributed by atoms with van der Waals surface area (Å²) in [4.78, 5) is 16.1. The predicted molar refractivity (Wildman–Crippen MR) is 143 cm³/mol. The van der Waals surface area contributed by atoms with Crippen LogP contribution in [0.5, 0.6) is 5.75 Å². The van der Waals surface area contributed by atoms with Crippen molar-refractivity contribution in [3.8, 4) is 17.5 Å². The molecule has 6 rings (SSSR count). The maximum absolute atomic E-state index is 13.6. The number of anilines is 3. The van der Waals surface area contributed by atoms with E-state index in [-0.39, 0.29) is 17.2 Å². The van der Waals surface area contributed by atoms with Crippen molar-refractivity contribution in [3.05, 3.63) is 82.8 Å². The zero-order valence-corrected chi connectivity index (χ0v) is 21.7. The second kappa shape index (κ2) is 9.30. The molecule has 1 saturated heterocycles. The lowest BCUT2D eigenvalue weighted by atomic mass is 9.83. The molecule has 3 heterocycles. The number of nitriles is 1. The van der Waals surface area contributed by atoms with Crippen LogP contribution in [0.4, 0.5) is 21.8 Å². The molecule has 1 aliphatic heterocycles. The number of fused-ring (bicyclic) bond motifs is 1. The first-order chi connectivity index (χ1) is 18.4. The van der Waals surface area contributed by atoms with E-state index in [1.165, 1.54) is 12.1 Å². The number of hydrogen-bond donors (Lipinski definition) is 1. The van der Waals surface area contributed by atoms with Gasteiger partial charge >= 0.3 is 0 Å². The van der Waals surface area contributed by atoms with E-state index in [4.69, 9.17) is 26.3 Å². The fraction of sp³-hybridized carbons (Fsp3) is 0.286. The van der Waals surface area contributed by atoms with Crippen molar-refractivity contribution in [1.82, 2.24) is 19.5 Å². The van der Waals surface area contributed by atoms with Gasteiger partial charge < -0.3 is 19.5 Å². The molecule has 1 aliphatic carbocycles. The second-order valence-electron chi connectivity index (χ2n) is 10.0. The fourth-order valence-electron chi connectivity index (χ4n) is 5.32. The van der Waals surface area contributed by atoms with Crippen molar-refractivity contribution in [2.45, 2.75) is 25.7 Å². The summed E-state index contributed by atoms with van der Waals surface area (Å²) in [7, 11) is 1.61. The average molecular weight is 530 g/mol. The van der Waals surface area contributed by atoms with E-state index < -0.39 is 0 Å². The Morgan fingerprint density at radius 3 is 2.66 bits per heavy atom. The quantitative estimate of drug-likeness (QED) is 0.346. The molecule has 2 aliphatic rings. The van der Waals surface area contributed by atoms with Crippen LogP contribution in [0.2, 0.25) is 5.15 Å². The minimum absolute atomic E-state index is 0.0411. The van der Waals surface area contributed by atoms with Gasteiger partial charge in [-0.05, 0) is 49.6 Å². The van der Waals surface area contributed by atoms with Crippen LogP contribution in [0, 0.1) is 22.6 Å². The standard InChI is InChI=1S/C28H25ClFN7O/c1-28(13-31)14-37(15-28)26-21-9-8-20(17-3-5-18(30)6-4-17)25(21)34-27(35-26)33-19-7-10-22(23(11-19)38-2)36-12-24(29)32-16-36/h3-7,10-12,16,20H,8-9,14-15H2,1-2H3,(H,33,34,35). The van der Waals surface area contributed by atoms with Crippen LogP contribution in [0.1, 0.15) is 36.1 Å². The Morgan fingerprint density at radius 1 is 1.18 bits per heavy atom. The molecule has 4 aromatic rings. The molecule has 0 radical (unpaired) electrons. The molecule has 0 saturated carbocycles. The molecule has 0 amide bonds. The van der Waals surface area contributed by atoms with E-state index in [0.717, 1.165) is 46.9 Å². The number of aromatic nitrogens is 4. The molecule has 1 N–H and O–H groups in total. The maximum Gasteiger partial charge on any atom is 0.229 e. The van der Waals surface area contributed by atoms with Gasteiger partial charge in [-0.2, -0.15) is 10.2 Å². The van der Waals surface area contributed by atoms with Gasteiger partial charge in [-0.25, -0.2) is 14.4 Å². The van der Waals surface area contributed by atoms with Crippen molar-refractivity contribution in [3.63, 3.8) is 0 Å². The third-order valence-corrected chi connectivity index (χ3v) is 7.41. The highest BCUT2D eigenvalue weighted by molar-refractivity contribution is 6.29. The Kier molecular flexibility index (Phi) is 5.92. The van der Waals surface area contributed by atoms with Crippen molar-refractivity contribution < 1.29 is 9.13 Å². The van der Waals surface area contributed by atoms with Crippen LogP contribution in [-0.4, -0.2) is 39.7 Å². The number of halogens is 2. The van der Waals surface area contributed by atoms with Gasteiger partial charge in [0, 0.05) is 42.5 Å². The Morgan fingerprint density at radius 2 is 1.97 bits per heavy atom. The second-order valence-corrected chi connectivity index (χ2v) is 10.4. The van der Waals surface area contributed by atoms with Gasteiger partial charge in [0.1, 0.15) is 28.9 Å². The summed E-state index contributed by atoms with van der Waals surface area (Å²) in [5.74, 6) is 1.72. The van der Waals surface area contributed by atoms with Gasteiger partial charge in [-0.3, -0.25) is 0 Å². The molecule has 0 spiro atoms. The van der Waals surface area contributed by atoms with Crippen LogP contribution in [-0.2, 0) is 6.42 Å². The lowest BCUT2D eigenvalue weighted by Gasteiger charge is -2.44. The summed E-state index contributed by atoms with van der Waals surface area (Å²) >= 11 is 6.00. The Labute approximate surface area is 224 Å². The molecule has 1 atom stereocenters. The largest absolute Gasteiger partial charge is 0.494 e. The molecule has 2 aromatic carbocycles. The van der Waals surface area contributed by atoms with Gasteiger partial charge in [-0.1, -0.05) is 23.7 Å². The fourth-order valence-corrected chi connectivity index (χ4v) is 5.47. The highest BCUT2D eigenvalue weighted by Gasteiger charge is 2.42. The van der Waals surface area contributed by atoms with Crippen LogP contribution < -0.4 is 15.0 Å². The molecule has 0 bridgehead atoms. The lowest BCUT2D eigenvalue weighted by molar-refractivity contribution is 0.333. The zero-order valence-electron chi connectivity index (χ0n) is 20.9. The van der Waals surface area contributed by atoms with Crippen molar-refractivity contribution >= 4 is 29.1 Å². The van der Waals surface area contributed by atoms with Crippen molar-refractivity contribution in [1.29, 1.82) is 5.26 Å². The smallest absolute Gasteiger partial charge is 0.229 e. The summed E-state index contributed by atoms with van der Waals surface area (Å²) in [5, 5.41) is 13.3. The number of benzene rings is 2. The van der Waals surface area contributed by atoms with E-state index >= 15 is 0 Å². The van der Waals surface area contributed by atoms with Gasteiger partial charge in [0.15, 0.2) is 0 Å². The summed E-state index contributed by atoms with van der Waals surface area (Å²) in [5.41, 5.74) is 4.21. The normalized spacial score (nSPS) is 17.4. The molecule has 38 heavy (non-hydrogen) atoms. The van der Waals surface area contributed by atoms with E-state index in [2.05, 4.69) is 21.3 Å². The first-order valence-corrected chi connectivity index (χ1v) is 12.7. The van der Waals surface area contributed by atoms with E-state index in [1.807, 2.05) is 37.3 Å². The number of ether oxygens (including phenoxy) is 1. The molecule has 1 unspecified atom stereocenters. The summed E-state index contributed by atoms with van der Waals surface area (Å²) in [6.07, 6.45) is 5.02. The summed E-state index contributed by atoms with van der Waals surface area (Å²) in [6, 6.07) is 14.7. The number of imidazole rings is 1. The number of rotatable bonds is 6. The summed E-state index contributed by atoms with van der Waals surface area (Å²) in [6.45, 7) is 3.19. The number of hydrogen-bond acceptors (Lipinski definition) is 7. The van der Waals surface area contributed by atoms with Crippen LogP contribution in [0.3, 0.4) is 0 Å². The highest BCUT2D eigenvalue weighted by atomic mass is 35.5.